The van der Waals surface area contributed by atoms with E-state index in [9.17, 15) is 19.7 Å². The van der Waals surface area contributed by atoms with Gasteiger partial charge in [-0.3, -0.25) is 19.7 Å². The van der Waals surface area contributed by atoms with Gasteiger partial charge in [-0.05, 0) is 24.6 Å². The average Bonchev–Trinajstić information content (AvgIpc) is 3.09. The Hall–Kier alpha value is -3.44. The van der Waals surface area contributed by atoms with E-state index < -0.39 is 4.92 Å². The molecule has 2 amide bonds. The summed E-state index contributed by atoms with van der Waals surface area (Å²) in [7, 11) is 1.70. The molecular weight excluding hydrogens is 456 g/mol. The third kappa shape index (κ3) is 5.83. The molecule has 1 heterocycles. The van der Waals surface area contributed by atoms with E-state index in [0.717, 1.165) is 11.8 Å². The van der Waals surface area contributed by atoms with Crippen LogP contribution in [0.2, 0.25) is 5.02 Å². The number of hydrogen-bond acceptors (Lipinski definition) is 7. The third-order valence-electron chi connectivity index (χ3n) is 4.43. The topological polar surface area (TPSA) is 132 Å². The Kier molecular flexibility index (Phi) is 7.44. The van der Waals surface area contributed by atoms with Crippen molar-refractivity contribution in [3.05, 3.63) is 69.0 Å². The maximum absolute atomic E-state index is 12.3. The van der Waals surface area contributed by atoms with Crippen molar-refractivity contribution in [3.8, 4) is 0 Å². The number of benzene rings is 2. The van der Waals surface area contributed by atoms with Gasteiger partial charge in [-0.25, -0.2) is 0 Å². The van der Waals surface area contributed by atoms with Crippen LogP contribution in [0.4, 0.5) is 17.1 Å². The van der Waals surface area contributed by atoms with Crippen LogP contribution in [0.1, 0.15) is 11.4 Å². The first-order valence-electron chi connectivity index (χ1n) is 9.35. The first-order valence-corrected chi connectivity index (χ1v) is 10.7. The van der Waals surface area contributed by atoms with E-state index in [2.05, 4.69) is 20.8 Å². The predicted molar refractivity (Wildman–Crippen MR) is 122 cm³/mol. The second-order valence-corrected chi connectivity index (χ2v) is 8.11. The minimum Gasteiger partial charge on any atom is -0.325 e. The number of carbonyl (C=O) groups excluding carboxylic acids is 2. The number of thioether (sulfide) groups is 1. The normalized spacial score (nSPS) is 10.6. The Morgan fingerprint density at radius 2 is 1.84 bits per heavy atom. The standard InChI is InChI=1S/C20H19ClN6O4S/c1-12-7-8-13(27(30)31)9-16(12)23-19(29)11-32-20-25-24-17(26(20)2)10-18(28)22-15-6-4-3-5-14(15)21/h3-9H,10-11H2,1-2H3,(H,22,28)(H,23,29). The van der Waals surface area contributed by atoms with Crippen LogP contribution in [0.5, 0.6) is 0 Å². The molecule has 0 aliphatic heterocycles. The van der Waals surface area contributed by atoms with Crippen LogP contribution in [-0.2, 0) is 23.1 Å². The number of aryl methyl sites for hydroxylation is 1. The fourth-order valence-electron chi connectivity index (χ4n) is 2.70. The van der Waals surface area contributed by atoms with Gasteiger partial charge in [-0.15, -0.1) is 10.2 Å². The van der Waals surface area contributed by atoms with E-state index in [1.54, 1.807) is 48.9 Å². The summed E-state index contributed by atoms with van der Waals surface area (Å²) in [5.41, 5.74) is 1.48. The zero-order valence-electron chi connectivity index (χ0n) is 17.2. The summed E-state index contributed by atoms with van der Waals surface area (Å²) in [4.78, 5) is 35.0. The van der Waals surface area contributed by atoms with Crippen LogP contribution >= 0.6 is 23.4 Å². The van der Waals surface area contributed by atoms with Crippen LogP contribution in [-0.4, -0.2) is 37.3 Å². The first-order chi connectivity index (χ1) is 15.2. The van der Waals surface area contributed by atoms with E-state index in [4.69, 9.17) is 11.6 Å². The smallest absolute Gasteiger partial charge is 0.271 e. The highest BCUT2D eigenvalue weighted by Gasteiger charge is 2.16. The summed E-state index contributed by atoms with van der Waals surface area (Å²) in [6, 6.07) is 11.2. The van der Waals surface area contributed by atoms with E-state index in [0.29, 0.717) is 32.9 Å². The highest BCUT2D eigenvalue weighted by molar-refractivity contribution is 7.99. The maximum Gasteiger partial charge on any atom is 0.271 e. The number of anilines is 2. The Morgan fingerprint density at radius 1 is 1.12 bits per heavy atom. The van der Waals surface area contributed by atoms with Gasteiger partial charge in [-0.1, -0.05) is 41.6 Å². The van der Waals surface area contributed by atoms with E-state index in [-0.39, 0.29) is 29.7 Å². The highest BCUT2D eigenvalue weighted by atomic mass is 35.5. The van der Waals surface area contributed by atoms with Crippen LogP contribution in [0.3, 0.4) is 0 Å². The third-order valence-corrected chi connectivity index (χ3v) is 5.78. The van der Waals surface area contributed by atoms with E-state index in [1.807, 2.05) is 0 Å². The lowest BCUT2D eigenvalue weighted by Crippen LogP contribution is -2.17. The number of carbonyl (C=O) groups is 2. The van der Waals surface area contributed by atoms with E-state index >= 15 is 0 Å². The van der Waals surface area contributed by atoms with Gasteiger partial charge in [-0.2, -0.15) is 0 Å². The summed E-state index contributed by atoms with van der Waals surface area (Å²) in [5, 5.41) is 25.3. The molecule has 0 saturated carbocycles. The summed E-state index contributed by atoms with van der Waals surface area (Å²) in [6.07, 6.45) is -0.0195. The summed E-state index contributed by atoms with van der Waals surface area (Å²) >= 11 is 7.18. The molecule has 1 aromatic heterocycles. The summed E-state index contributed by atoms with van der Waals surface area (Å²) < 4.78 is 1.63. The Labute approximate surface area is 192 Å². The molecule has 0 radical (unpaired) electrons. The van der Waals surface area contributed by atoms with Crippen LogP contribution in [0.15, 0.2) is 47.6 Å². The Morgan fingerprint density at radius 3 is 2.56 bits per heavy atom. The lowest BCUT2D eigenvalue weighted by molar-refractivity contribution is -0.384. The molecule has 10 nitrogen and oxygen atoms in total. The minimum atomic E-state index is -0.521. The molecule has 2 aromatic carbocycles. The molecule has 2 N–H and O–H groups in total. The molecule has 0 saturated heterocycles. The zero-order chi connectivity index (χ0) is 23.3. The van der Waals surface area contributed by atoms with Crippen LogP contribution in [0, 0.1) is 17.0 Å². The van der Waals surface area contributed by atoms with Gasteiger partial charge in [0, 0.05) is 19.2 Å². The molecule has 0 spiro atoms. The number of para-hydroxylation sites is 1. The van der Waals surface area contributed by atoms with Gasteiger partial charge in [0.2, 0.25) is 11.8 Å². The molecule has 0 atom stereocenters. The first kappa shape index (κ1) is 23.2. The van der Waals surface area contributed by atoms with Gasteiger partial charge < -0.3 is 15.2 Å². The lowest BCUT2D eigenvalue weighted by atomic mass is 10.2. The molecule has 0 aliphatic carbocycles. The van der Waals surface area contributed by atoms with Crippen molar-refractivity contribution in [3.63, 3.8) is 0 Å². The molecular formula is C20H19ClN6O4S. The van der Waals surface area contributed by atoms with Crippen molar-refractivity contribution in [2.24, 2.45) is 7.05 Å². The molecule has 0 bridgehead atoms. The van der Waals surface area contributed by atoms with Crippen LogP contribution in [0.25, 0.3) is 0 Å². The monoisotopic (exact) mass is 474 g/mol. The molecule has 3 aromatic rings. The number of nitrogens with one attached hydrogen (secondary N) is 2. The van der Waals surface area contributed by atoms with Gasteiger partial charge in [0.15, 0.2) is 5.16 Å². The number of nitro groups is 1. The molecule has 0 aliphatic rings. The Balaban J connectivity index is 1.57. The number of rotatable bonds is 8. The molecule has 32 heavy (non-hydrogen) atoms. The molecule has 0 unspecified atom stereocenters. The van der Waals surface area contributed by atoms with Crippen molar-refractivity contribution in [1.82, 2.24) is 14.8 Å². The SMILES string of the molecule is Cc1ccc([N+](=O)[O-])cc1NC(=O)CSc1nnc(CC(=O)Nc2ccccc2Cl)n1C. The molecule has 0 fully saturated rings. The number of aromatic nitrogens is 3. The summed E-state index contributed by atoms with van der Waals surface area (Å²) in [5.74, 6) is -0.212. The lowest BCUT2D eigenvalue weighted by Gasteiger charge is -2.08. The van der Waals surface area contributed by atoms with Crippen LogP contribution < -0.4 is 10.6 Å². The molecule has 166 valence electrons. The quantitative estimate of drug-likeness (QED) is 0.289. The fraction of sp³-hybridized carbons (Fsp3) is 0.200. The van der Waals surface area contributed by atoms with Gasteiger partial charge >= 0.3 is 0 Å². The van der Waals surface area contributed by atoms with Crippen molar-refractivity contribution >= 4 is 52.2 Å². The fourth-order valence-corrected chi connectivity index (χ4v) is 3.61. The summed E-state index contributed by atoms with van der Waals surface area (Å²) in [6.45, 7) is 1.75. The number of non-ortho nitro benzene ring substituents is 1. The second-order valence-electron chi connectivity index (χ2n) is 6.76. The average molecular weight is 475 g/mol. The van der Waals surface area contributed by atoms with Crippen molar-refractivity contribution in [2.45, 2.75) is 18.5 Å². The maximum atomic E-state index is 12.3. The van der Waals surface area contributed by atoms with Gasteiger partial charge in [0.1, 0.15) is 5.82 Å². The number of nitrogens with zero attached hydrogens (tertiary/aromatic N) is 4. The van der Waals surface area contributed by atoms with Crippen molar-refractivity contribution < 1.29 is 14.5 Å². The minimum absolute atomic E-state index is 0.0138. The molecule has 12 heteroatoms. The zero-order valence-corrected chi connectivity index (χ0v) is 18.7. The van der Waals surface area contributed by atoms with Crippen molar-refractivity contribution in [2.75, 3.05) is 16.4 Å². The van der Waals surface area contributed by atoms with Gasteiger partial charge in [0.05, 0.1) is 33.5 Å². The number of nitro benzene ring substituents is 1. The largest absolute Gasteiger partial charge is 0.325 e. The van der Waals surface area contributed by atoms with E-state index in [1.165, 1.54) is 12.1 Å². The number of amides is 2. The van der Waals surface area contributed by atoms with Crippen molar-refractivity contribution in [1.29, 1.82) is 0 Å². The highest BCUT2D eigenvalue weighted by Crippen LogP contribution is 2.23. The number of hydrogen-bond donors (Lipinski definition) is 2. The second kappa shape index (κ2) is 10.2. The molecule has 3 rings (SSSR count). The van der Waals surface area contributed by atoms with Gasteiger partial charge in [0.25, 0.3) is 5.69 Å². The predicted octanol–water partition coefficient (Wildman–Crippen LogP) is 3.60. The Bertz CT molecular complexity index is 1180. The number of halogens is 1.